The van der Waals surface area contributed by atoms with E-state index in [0.29, 0.717) is 16.2 Å². The third kappa shape index (κ3) is 10.6. The second-order valence-corrected chi connectivity index (χ2v) is 14.4. The molecule has 0 aliphatic heterocycles. The van der Waals surface area contributed by atoms with Crippen molar-refractivity contribution < 1.29 is 16.8 Å². The molecule has 0 aliphatic rings. The summed E-state index contributed by atoms with van der Waals surface area (Å²) in [5.41, 5.74) is 4.33. The van der Waals surface area contributed by atoms with E-state index >= 15 is 0 Å². The van der Waals surface area contributed by atoms with E-state index in [-0.39, 0.29) is 5.75 Å². The van der Waals surface area contributed by atoms with Gasteiger partial charge >= 0.3 is 0 Å². The lowest BCUT2D eigenvalue weighted by atomic mass is 10.0. The maximum atomic E-state index is 13.5. The molecule has 0 aliphatic carbocycles. The van der Waals surface area contributed by atoms with Crippen molar-refractivity contribution in [2.45, 2.75) is 81.8 Å². The van der Waals surface area contributed by atoms with E-state index in [1.165, 1.54) is 5.57 Å². The van der Waals surface area contributed by atoms with Crippen LogP contribution in [0.25, 0.3) is 0 Å². The summed E-state index contributed by atoms with van der Waals surface area (Å²) in [6, 6.07) is 17.1. The first-order valence-electron chi connectivity index (χ1n) is 13.1. The monoisotopic (exact) mass is 554 g/mol. The molecule has 0 spiro atoms. The summed E-state index contributed by atoms with van der Waals surface area (Å²) in [4.78, 5) is 0.666. The lowest BCUT2D eigenvalue weighted by Crippen LogP contribution is -2.20. The zero-order valence-electron chi connectivity index (χ0n) is 23.4. The molecule has 0 N–H and O–H groups in total. The summed E-state index contributed by atoms with van der Waals surface area (Å²) in [5.74, 6) is -0.0280. The first kappa shape index (κ1) is 31.5. The molecule has 4 nitrogen and oxygen atoms in total. The van der Waals surface area contributed by atoms with Crippen LogP contribution < -0.4 is 0 Å². The number of sulfone groups is 2. The van der Waals surface area contributed by atoms with Gasteiger partial charge in [0.1, 0.15) is 0 Å². The van der Waals surface area contributed by atoms with Crippen LogP contribution in [0.15, 0.2) is 117 Å². The Morgan fingerprint density at radius 2 is 1.18 bits per heavy atom. The lowest BCUT2D eigenvalue weighted by Gasteiger charge is -2.16. The standard InChI is InChI=1S/C32H42O4S2/c1-26(2)14-12-16-28(4)24-32(38(35,36)31-20-10-7-11-21-31)25-29(5)17-13-15-27(3)22-23-37(33,34)30-18-8-6-9-19-30/h6-11,14,17-22,24,32H,12-13,15-16,23,25H2,1-5H3/b27-22+,28-24+,29-17+. The van der Waals surface area contributed by atoms with Crippen LogP contribution in [0.5, 0.6) is 0 Å². The molecule has 2 rings (SSSR count). The summed E-state index contributed by atoms with van der Waals surface area (Å²) < 4.78 is 52.1. The fraction of sp³-hybridized carbons (Fsp3) is 0.375. The third-order valence-corrected chi connectivity index (χ3v) is 9.97. The van der Waals surface area contributed by atoms with Gasteiger partial charge in [-0.05, 0) is 91.0 Å². The highest BCUT2D eigenvalue weighted by molar-refractivity contribution is 7.92. The van der Waals surface area contributed by atoms with Crippen molar-refractivity contribution >= 4 is 19.7 Å². The minimum atomic E-state index is -3.54. The molecule has 2 aromatic rings. The van der Waals surface area contributed by atoms with E-state index in [2.05, 4.69) is 26.0 Å². The highest BCUT2D eigenvalue weighted by Crippen LogP contribution is 2.25. The molecule has 6 heteroatoms. The Hall–Kier alpha value is -2.70. The Morgan fingerprint density at radius 1 is 0.658 bits per heavy atom. The van der Waals surface area contributed by atoms with Crippen LogP contribution in [0.3, 0.4) is 0 Å². The summed E-state index contributed by atoms with van der Waals surface area (Å²) >= 11 is 0. The van der Waals surface area contributed by atoms with Gasteiger partial charge in [0.2, 0.25) is 0 Å². The quantitative estimate of drug-likeness (QED) is 0.222. The largest absolute Gasteiger partial charge is 0.223 e. The van der Waals surface area contributed by atoms with Gasteiger partial charge in [-0.15, -0.1) is 0 Å². The van der Waals surface area contributed by atoms with Gasteiger partial charge in [0.05, 0.1) is 20.8 Å². The Balaban J connectivity index is 2.11. The van der Waals surface area contributed by atoms with E-state index in [1.54, 1.807) is 60.7 Å². The lowest BCUT2D eigenvalue weighted by molar-refractivity contribution is 0.586. The second-order valence-electron chi connectivity index (χ2n) is 10.2. The smallest absolute Gasteiger partial charge is 0.185 e. The molecule has 0 radical (unpaired) electrons. The first-order chi connectivity index (χ1) is 17.9. The zero-order valence-corrected chi connectivity index (χ0v) is 25.0. The maximum absolute atomic E-state index is 13.5. The van der Waals surface area contributed by atoms with Gasteiger partial charge in [-0.2, -0.15) is 0 Å². The third-order valence-electron chi connectivity index (χ3n) is 6.34. The summed E-state index contributed by atoms with van der Waals surface area (Å²) in [5, 5.41) is -0.638. The predicted octanol–water partition coefficient (Wildman–Crippen LogP) is 8.06. The van der Waals surface area contributed by atoms with Crippen molar-refractivity contribution in [2.24, 2.45) is 0 Å². The van der Waals surface area contributed by atoms with Crippen molar-refractivity contribution in [3.05, 3.63) is 107 Å². The summed E-state index contributed by atoms with van der Waals surface area (Å²) in [7, 11) is -6.88. The van der Waals surface area contributed by atoms with E-state index in [9.17, 15) is 16.8 Å². The van der Waals surface area contributed by atoms with Crippen LogP contribution in [0, 0.1) is 0 Å². The second kappa shape index (κ2) is 15.0. The maximum Gasteiger partial charge on any atom is 0.185 e. The van der Waals surface area contributed by atoms with Crippen molar-refractivity contribution in [1.82, 2.24) is 0 Å². The minimum Gasteiger partial charge on any atom is -0.223 e. The Kier molecular flexibility index (Phi) is 12.5. The van der Waals surface area contributed by atoms with E-state index in [1.807, 2.05) is 32.9 Å². The molecule has 0 aromatic heterocycles. The fourth-order valence-electron chi connectivity index (χ4n) is 4.06. The molecule has 0 heterocycles. The van der Waals surface area contributed by atoms with Gasteiger partial charge in [-0.1, -0.05) is 83.0 Å². The molecular weight excluding hydrogens is 512 g/mol. The van der Waals surface area contributed by atoms with Crippen LogP contribution in [-0.4, -0.2) is 27.8 Å². The minimum absolute atomic E-state index is 0.0280. The van der Waals surface area contributed by atoms with Gasteiger partial charge in [0.15, 0.2) is 19.7 Å². The predicted molar refractivity (Wildman–Crippen MR) is 160 cm³/mol. The molecule has 206 valence electrons. The van der Waals surface area contributed by atoms with Gasteiger partial charge in [-0.3, -0.25) is 0 Å². The molecule has 0 fully saturated rings. The summed E-state index contributed by atoms with van der Waals surface area (Å²) in [6.07, 6.45) is 11.5. The normalized spacial score (nSPS) is 14.3. The number of benzene rings is 2. The molecule has 1 atom stereocenters. The molecular formula is C32H42O4S2. The SMILES string of the molecule is CC(C)=CCC/C(C)=C/C(C/C(C)=C/CC/C(C)=C/CS(=O)(=O)c1ccccc1)S(=O)(=O)c1ccccc1. The average molecular weight is 555 g/mol. The van der Waals surface area contributed by atoms with Gasteiger partial charge in [-0.25, -0.2) is 16.8 Å². The van der Waals surface area contributed by atoms with Gasteiger partial charge in [0.25, 0.3) is 0 Å². The molecule has 0 saturated carbocycles. The molecule has 0 amide bonds. The molecule has 38 heavy (non-hydrogen) atoms. The van der Waals surface area contributed by atoms with Crippen LogP contribution in [-0.2, 0) is 19.7 Å². The van der Waals surface area contributed by atoms with Gasteiger partial charge < -0.3 is 0 Å². The van der Waals surface area contributed by atoms with Crippen molar-refractivity contribution in [2.75, 3.05) is 5.75 Å². The van der Waals surface area contributed by atoms with Crippen LogP contribution in [0.4, 0.5) is 0 Å². The molecule has 1 unspecified atom stereocenters. The van der Waals surface area contributed by atoms with Crippen molar-refractivity contribution in [1.29, 1.82) is 0 Å². The fourth-order valence-corrected chi connectivity index (χ4v) is 7.11. The van der Waals surface area contributed by atoms with Crippen LogP contribution >= 0.6 is 0 Å². The highest BCUT2D eigenvalue weighted by Gasteiger charge is 2.26. The van der Waals surface area contributed by atoms with Crippen LogP contribution in [0.1, 0.15) is 66.7 Å². The van der Waals surface area contributed by atoms with Crippen molar-refractivity contribution in [3.63, 3.8) is 0 Å². The zero-order chi connectivity index (χ0) is 28.2. The topological polar surface area (TPSA) is 68.3 Å². The number of hydrogen-bond acceptors (Lipinski definition) is 4. The highest BCUT2D eigenvalue weighted by atomic mass is 32.2. The van der Waals surface area contributed by atoms with E-state index in [0.717, 1.165) is 42.4 Å². The first-order valence-corrected chi connectivity index (χ1v) is 16.3. The Bertz CT molecular complexity index is 1360. The number of allylic oxidation sites excluding steroid dienone is 6. The average Bonchev–Trinajstić information content (AvgIpc) is 2.88. The number of rotatable bonds is 14. The molecule has 2 aromatic carbocycles. The Morgan fingerprint density at radius 3 is 1.76 bits per heavy atom. The van der Waals surface area contributed by atoms with Gasteiger partial charge in [0, 0.05) is 0 Å². The Labute approximate surface area is 230 Å². The summed E-state index contributed by atoms with van der Waals surface area (Å²) in [6.45, 7) is 10.0. The van der Waals surface area contributed by atoms with E-state index in [4.69, 9.17) is 0 Å². The van der Waals surface area contributed by atoms with Crippen LogP contribution in [0.2, 0.25) is 0 Å². The van der Waals surface area contributed by atoms with E-state index < -0.39 is 24.9 Å². The van der Waals surface area contributed by atoms with Crippen molar-refractivity contribution in [3.8, 4) is 0 Å². The number of hydrogen-bond donors (Lipinski definition) is 0. The molecule has 0 saturated heterocycles. The molecule has 0 bridgehead atoms.